The van der Waals surface area contributed by atoms with Gasteiger partial charge in [-0.3, -0.25) is 24.2 Å². The van der Waals surface area contributed by atoms with Crippen molar-refractivity contribution in [3.05, 3.63) is 35.9 Å². The fraction of sp³-hybridized carbons (Fsp3) is 0.613. The number of carboxylic acids is 1. The molecule has 0 fully saturated rings. The van der Waals surface area contributed by atoms with Crippen LogP contribution in [0.25, 0.3) is 0 Å². The summed E-state index contributed by atoms with van der Waals surface area (Å²) in [6, 6.07) is 3.08. The first-order valence-corrected chi connectivity index (χ1v) is 15.5. The molecule has 15 heteroatoms. The first-order chi connectivity index (χ1) is 21.5. The number of guanidine groups is 1. The second kappa shape index (κ2) is 20.0. The normalized spacial score (nSPS) is 15.1. The molecule has 0 radical (unpaired) electrons. The van der Waals surface area contributed by atoms with E-state index in [0.717, 1.165) is 5.56 Å². The largest absolute Gasteiger partial charge is 0.480 e. The van der Waals surface area contributed by atoms with Gasteiger partial charge in [-0.25, -0.2) is 4.79 Å². The van der Waals surface area contributed by atoms with Gasteiger partial charge in [0.05, 0.1) is 6.10 Å². The number of hydrogen-bond donors (Lipinski definition) is 9. The highest BCUT2D eigenvalue weighted by Gasteiger charge is 2.33. The summed E-state index contributed by atoms with van der Waals surface area (Å²) in [6.07, 6.45) is -0.331. The molecule has 1 rings (SSSR count). The van der Waals surface area contributed by atoms with Gasteiger partial charge >= 0.3 is 5.97 Å². The van der Waals surface area contributed by atoms with Crippen molar-refractivity contribution in [2.24, 2.45) is 34.0 Å². The van der Waals surface area contributed by atoms with Crippen LogP contribution in [0.2, 0.25) is 0 Å². The number of aliphatic hydroxyl groups excluding tert-OH is 1. The molecule has 0 aromatic heterocycles. The summed E-state index contributed by atoms with van der Waals surface area (Å²) in [5.74, 6) is -4.22. The number of carbonyl (C=O) groups excluding carboxylic acids is 4. The lowest BCUT2D eigenvalue weighted by Gasteiger charge is -2.28. The second-order valence-corrected chi connectivity index (χ2v) is 12.2. The summed E-state index contributed by atoms with van der Waals surface area (Å²) in [6.45, 7) is 8.94. The Morgan fingerprint density at radius 1 is 0.739 bits per heavy atom. The van der Waals surface area contributed by atoms with Crippen LogP contribution in [0.5, 0.6) is 0 Å². The van der Waals surface area contributed by atoms with Crippen molar-refractivity contribution in [3.63, 3.8) is 0 Å². The lowest BCUT2D eigenvalue weighted by atomic mass is 9.98. The van der Waals surface area contributed by atoms with Crippen LogP contribution in [0.4, 0.5) is 0 Å². The van der Waals surface area contributed by atoms with Gasteiger partial charge in [-0.2, -0.15) is 0 Å². The van der Waals surface area contributed by atoms with Crippen molar-refractivity contribution in [2.45, 2.75) is 103 Å². The van der Waals surface area contributed by atoms with Gasteiger partial charge in [0.1, 0.15) is 30.2 Å². The molecule has 6 atom stereocenters. The maximum Gasteiger partial charge on any atom is 0.326 e. The molecule has 0 heterocycles. The highest BCUT2D eigenvalue weighted by Crippen LogP contribution is 2.11. The number of aliphatic hydroxyl groups is 1. The number of hydrogen-bond acceptors (Lipinski definition) is 8. The van der Waals surface area contributed by atoms with Gasteiger partial charge in [-0.1, -0.05) is 58.0 Å². The van der Waals surface area contributed by atoms with E-state index in [4.69, 9.17) is 17.2 Å². The van der Waals surface area contributed by atoms with E-state index in [9.17, 15) is 34.2 Å². The van der Waals surface area contributed by atoms with E-state index in [2.05, 4.69) is 26.3 Å². The highest BCUT2D eigenvalue weighted by atomic mass is 16.4. The Hall–Kier alpha value is -4.24. The minimum absolute atomic E-state index is 0.0528. The van der Waals surface area contributed by atoms with Crippen LogP contribution in [0.3, 0.4) is 0 Å². The van der Waals surface area contributed by atoms with E-state index >= 15 is 0 Å². The summed E-state index contributed by atoms with van der Waals surface area (Å²) in [7, 11) is 0. The van der Waals surface area contributed by atoms with Gasteiger partial charge in [-0.15, -0.1) is 0 Å². The molecule has 15 nitrogen and oxygen atoms in total. The predicted octanol–water partition coefficient (Wildman–Crippen LogP) is -0.893. The smallest absolute Gasteiger partial charge is 0.326 e. The third-order valence-electron chi connectivity index (χ3n) is 6.98. The molecule has 0 spiro atoms. The van der Waals surface area contributed by atoms with Gasteiger partial charge in [0, 0.05) is 13.0 Å². The Labute approximate surface area is 270 Å². The van der Waals surface area contributed by atoms with Crippen LogP contribution < -0.4 is 38.5 Å². The summed E-state index contributed by atoms with van der Waals surface area (Å²) < 4.78 is 0. The van der Waals surface area contributed by atoms with Crippen LogP contribution in [0.15, 0.2) is 35.3 Å². The number of rotatable bonds is 20. The molecule has 0 aliphatic heterocycles. The van der Waals surface area contributed by atoms with Crippen molar-refractivity contribution in [1.82, 2.24) is 21.3 Å². The van der Waals surface area contributed by atoms with Crippen molar-refractivity contribution < 1.29 is 34.2 Å². The zero-order chi connectivity index (χ0) is 35.0. The summed E-state index contributed by atoms with van der Waals surface area (Å²) in [5.41, 5.74) is 17.1. The first kappa shape index (κ1) is 39.8. The zero-order valence-electron chi connectivity index (χ0n) is 27.4. The van der Waals surface area contributed by atoms with E-state index in [1.807, 2.05) is 27.7 Å². The van der Waals surface area contributed by atoms with Gasteiger partial charge in [-0.05, 0) is 50.0 Å². The van der Waals surface area contributed by atoms with Crippen molar-refractivity contribution in [1.29, 1.82) is 0 Å². The molecule has 12 N–H and O–H groups in total. The molecule has 4 amide bonds. The summed E-state index contributed by atoms with van der Waals surface area (Å²) in [5, 5.41) is 29.9. The number of aliphatic imine (C=N–C) groups is 1. The minimum atomic E-state index is -1.28. The van der Waals surface area contributed by atoms with Gasteiger partial charge in [0.15, 0.2) is 5.96 Å². The molecule has 0 aliphatic carbocycles. The Balaban J connectivity index is 3.18. The zero-order valence-corrected chi connectivity index (χ0v) is 27.4. The third-order valence-corrected chi connectivity index (χ3v) is 6.98. The van der Waals surface area contributed by atoms with E-state index in [1.54, 1.807) is 30.3 Å². The molecule has 258 valence electrons. The molecule has 1 aromatic rings. The standard InChI is InChI=1S/C31H52N8O7/c1-17(2)14-22(26(41)36-21(30(45)46)12-9-13-35-31(33)34)37-27(42)23(15-18(3)4)38-28(43)24(16-20-10-7-6-8-11-20)39-29(44)25(32)19(5)40/h6-8,10-11,17-19,21-25,40H,9,12-16,32H2,1-5H3,(H,36,41)(H,37,42)(H,38,43)(H,39,44)(H,45,46)(H4,33,34,35)/t19-,21+,22+,23+,24+,25+/m1/s1. The Bertz CT molecular complexity index is 1170. The van der Waals surface area contributed by atoms with Gasteiger partial charge in [0.2, 0.25) is 23.6 Å². The quantitative estimate of drug-likeness (QED) is 0.0478. The average Bonchev–Trinajstić information content (AvgIpc) is 2.96. The molecule has 0 saturated carbocycles. The van der Waals surface area contributed by atoms with Crippen LogP contribution >= 0.6 is 0 Å². The van der Waals surface area contributed by atoms with Crippen molar-refractivity contribution in [3.8, 4) is 0 Å². The SMILES string of the molecule is CC(C)C[C@H](NC(=O)[C@H](CC(C)C)NC(=O)[C@H](Cc1ccccc1)NC(=O)[C@@H](N)[C@@H](C)O)C(=O)N[C@@H](CCCN=C(N)N)C(=O)O. The first-order valence-electron chi connectivity index (χ1n) is 15.5. The van der Waals surface area contributed by atoms with E-state index in [-0.39, 0.29) is 50.0 Å². The minimum Gasteiger partial charge on any atom is -0.480 e. The molecular formula is C31H52N8O7. The molecule has 0 aliphatic rings. The Morgan fingerprint density at radius 2 is 1.20 bits per heavy atom. The van der Waals surface area contributed by atoms with E-state index in [0.29, 0.717) is 6.42 Å². The predicted molar refractivity (Wildman–Crippen MR) is 174 cm³/mol. The van der Waals surface area contributed by atoms with Crippen molar-refractivity contribution >= 4 is 35.6 Å². The summed E-state index contributed by atoms with van der Waals surface area (Å²) >= 11 is 0. The number of carbonyl (C=O) groups is 5. The van der Waals surface area contributed by atoms with Crippen LogP contribution in [-0.4, -0.2) is 88.6 Å². The van der Waals surface area contributed by atoms with Crippen LogP contribution in [0.1, 0.15) is 65.9 Å². The second-order valence-electron chi connectivity index (χ2n) is 12.2. The number of amides is 4. The average molecular weight is 649 g/mol. The fourth-order valence-electron chi connectivity index (χ4n) is 4.53. The molecule has 0 bridgehead atoms. The number of nitrogens with one attached hydrogen (secondary N) is 4. The number of nitrogens with two attached hydrogens (primary N) is 3. The summed E-state index contributed by atoms with van der Waals surface area (Å²) in [4.78, 5) is 68.8. The van der Waals surface area contributed by atoms with Crippen molar-refractivity contribution in [2.75, 3.05) is 6.54 Å². The lowest BCUT2D eigenvalue weighted by molar-refractivity contribution is -0.142. The molecule has 1 aromatic carbocycles. The monoisotopic (exact) mass is 648 g/mol. The van der Waals surface area contributed by atoms with Crippen LogP contribution in [0, 0.1) is 11.8 Å². The maximum atomic E-state index is 13.6. The topological polar surface area (TPSA) is 264 Å². The molecular weight excluding hydrogens is 596 g/mol. The third kappa shape index (κ3) is 15.2. The number of benzene rings is 1. The lowest BCUT2D eigenvalue weighted by Crippen LogP contribution is -2.59. The number of aliphatic carboxylic acids is 1. The van der Waals surface area contributed by atoms with Crippen LogP contribution in [-0.2, 0) is 30.4 Å². The van der Waals surface area contributed by atoms with E-state index < -0.39 is 65.9 Å². The molecule has 0 saturated heterocycles. The Kier molecular flexibility index (Phi) is 17.3. The molecule has 0 unspecified atom stereocenters. The van der Waals surface area contributed by atoms with E-state index in [1.165, 1.54) is 6.92 Å². The fourth-order valence-corrected chi connectivity index (χ4v) is 4.53. The highest BCUT2D eigenvalue weighted by molar-refractivity contribution is 5.95. The Morgan fingerprint density at radius 3 is 1.63 bits per heavy atom. The number of carboxylic acid groups (broad SMARTS) is 1. The number of nitrogens with zero attached hydrogens (tertiary/aromatic N) is 1. The van der Waals surface area contributed by atoms with Gasteiger partial charge in [0.25, 0.3) is 0 Å². The maximum absolute atomic E-state index is 13.6. The molecule has 46 heavy (non-hydrogen) atoms. The van der Waals surface area contributed by atoms with Gasteiger partial charge < -0.3 is 48.7 Å².